The predicted molar refractivity (Wildman–Crippen MR) is 115 cm³/mol. The zero-order chi connectivity index (χ0) is 21.1. The van der Waals surface area contributed by atoms with E-state index in [1.165, 1.54) is 0 Å². The lowest BCUT2D eigenvalue weighted by Crippen LogP contribution is -2.44. The number of aryl methyl sites for hydroxylation is 2. The Morgan fingerprint density at radius 1 is 1.33 bits per heavy atom. The molecule has 2 aliphatic rings. The van der Waals surface area contributed by atoms with Crippen LogP contribution in [0.2, 0.25) is 0 Å². The van der Waals surface area contributed by atoms with Crippen LogP contribution < -0.4 is 0 Å². The van der Waals surface area contributed by atoms with Gasteiger partial charge in [-0.25, -0.2) is 9.97 Å². The lowest BCUT2D eigenvalue weighted by atomic mass is 10.0. The van der Waals surface area contributed by atoms with E-state index in [9.17, 15) is 4.79 Å². The normalized spacial score (nSPS) is 20.4. The fraction of sp³-hybridized carbons (Fsp3) is 0.696. The third kappa shape index (κ3) is 4.52. The molecule has 7 heteroatoms. The molecule has 4 rings (SSSR count). The second kappa shape index (κ2) is 9.43. The Morgan fingerprint density at radius 2 is 2.17 bits per heavy atom. The second-order valence-corrected chi connectivity index (χ2v) is 8.64. The number of aromatic nitrogens is 3. The molecule has 3 heterocycles. The first kappa shape index (κ1) is 21.2. The van der Waals surface area contributed by atoms with Crippen molar-refractivity contribution in [1.29, 1.82) is 0 Å². The molecule has 2 aromatic rings. The largest absolute Gasteiger partial charge is 0.385 e. The maximum Gasteiger partial charge on any atom is 0.252 e. The van der Waals surface area contributed by atoms with Gasteiger partial charge in [0.25, 0.3) is 5.91 Å². The predicted octanol–water partition coefficient (Wildman–Crippen LogP) is 3.79. The molecule has 2 aromatic heterocycles. The van der Waals surface area contributed by atoms with Gasteiger partial charge < -0.3 is 18.9 Å². The van der Waals surface area contributed by atoms with Gasteiger partial charge in [-0.05, 0) is 58.8 Å². The van der Waals surface area contributed by atoms with Gasteiger partial charge in [0.15, 0.2) is 0 Å². The van der Waals surface area contributed by atoms with Gasteiger partial charge in [0.05, 0.1) is 6.04 Å². The molecule has 0 aromatic carbocycles. The Morgan fingerprint density at radius 3 is 2.87 bits per heavy atom. The van der Waals surface area contributed by atoms with Crippen molar-refractivity contribution in [2.45, 2.75) is 83.5 Å². The average Bonchev–Trinajstić information content (AvgIpc) is 3.53. The maximum atomic E-state index is 13.4. The first-order valence-corrected chi connectivity index (χ1v) is 11.3. The molecule has 2 atom stereocenters. The molecule has 1 amide bonds. The van der Waals surface area contributed by atoms with Gasteiger partial charge in [-0.15, -0.1) is 0 Å². The molecule has 0 bridgehead atoms. The van der Waals surface area contributed by atoms with Crippen LogP contribution in [0.25, 0.3) is 11.0 Å². The van der Waals surface area contributed by atoms with E-state index in [0.717, 1.165) is 80.5 Å². The zero-order valence-corrected chi connectivity index (χ0v) is 18.5. The van der Waals surface area contributed by atoms with Crippen molar-refractivity contribution in [2.75, 3.05) is 20.3 Å². The second-order valence-electron chi connectivity index (χ2n) is 8.64. The first-order chi connectivity index (χ1) is 14.6. The fourth-order valence-corrected chi connectivity index (χ4v) is 4.50. The van der Waals surface area contributed by atoms with Crippen molar-refractivity contribution in [1.82, 2.24) is 19.4 Å². The summed E-state index contributed by atoms with van der Waals surface area (Å²) >= 11 is 0. The lowest BCUT2D eigenvalue weighted by molar-refractivity contribution is -0.149. The monoisotopic (exact) mass is 414 g/mol. The topological polar surface area (TPSA) is 69.5 Å². The molecule has 2 fully saturated rings. The Balaban J connectivity index is 1.62. The van der Waals surface area contributed by atoms with Gasteiger partial charge in [0.2, 0.25) is 0 Å². The number of carbonyl (C=O) groups is 1. The van der Waals surface area contributed by atoms with E-state index >= 15 is 0 Å². The highest BCUT2D eigenvalue weighted by molar-refractivity contribution is 5.84. The fourth-order valence-electron chi connectivity index (χ4n) is 4.50. The van der Waals surface area contributed by atoms with Crippen molar-refractivity contribution in [3.63, 3.8) is 0 Å². The average molecular weight is 415 g/mol. The van der Waals surface area contributed by atoms with Gasteiger partial charge >= 0.3 is 0 Å². The summed E-state index contributed by atoms with van der Waals surface area (Å²) in [5, 5.41) is 1.04. The summed E-state index contributed by atoms with van der Waals surface area (Å²) in [6.07, 6.45) is 10.9. The molecular weight excluding hydrogens is 380 g/mol. The highest BCUT2D eigenvalue weighted by Gasteiger charge is 2.40. The molecule has 1 saturated heterocycles. The summed E-state index contributed by atoms with van der Waals surface area (Å²) in [5.41, 5.74) is 2.09. The van der Waals surface area contributed by atoms with Gasteiger partial charge in [0, 0.05) is 56.3 Å². The summed E-state index contributed by atoms with van der Waals surface area (Å²) in [7, 11) is 1.74. The quantitative estimate of drug-likeness (QED) is 0.584. The van der Waals surface area contributed by atoms with E-state index in [1.54, 1.807) is 7.11 Å². The Bertz CT molecular complexity index is 871. The minimum atomic E-state index is -0.289. The van der Waals surface area contributed by atoms with Crippen LogP contribution in [0.1, 0.15) is 69.3 Å². The molecule has 30 heavy (non-hydrogen) atoms. The third-order valence-electron chi connectivity index (χ3n) is 6.28. The van der Waals surface area contributed by atoms with Crippen LogP contribution in [0.3, 0.4) is 0 Å². The van der Waals surface area contributed by atoms with Crippen LogP contribution in [0, 0.1) is 6.92 Å². The molecule has 7 nitrogen and oxygen atoms in total. The number of fused-ring (bicyclic) bond motifs is 1. The molecule has 164 valence electrons. The minimum Gasteiger partial charge on any atom is -0.385 e. The number of methoxy groups -OCH3 is 1. The van der Waals surface area contributed by atoms with Crippen LogP contribution in [-0.2, 0) is 20.8 Å². The molecule has 1 saturated carbocycles. The third-order valence-corrected chi connectivity index (χ3v) is 6.28. The Labute approximate surface area is 178 Å². The Kier molecular flexibility index (Phi) is 6.68. The van der Waals surface area contributed by atoms with Crippen LogP contribution >= 0.6 is 0 Å². The van der Waals surface area contributed by atoms with Crippen molar-refractivity contribution in [3.05, 3.63) is 23.8 Å². The summed E-state index contributed by atoms with van der Waals surface area (Å²) in [6, 6.07) is 0.300. The number of hydrogen-bond acceptors (Lipinski definition) is 5. The lowest BCUT2D eigenvalue weighted by Gasteiger charge is -2.34. The SMILES string of the molecule is COCCCCn1cc([C@@H](C)N(C(=O)[C@H]2CCCCO2)C2CC2)c2cnc(C)nc21. The van der Waals surface area contributed by atoms with Crippen LogP contribution in [0.4, 0.5) is 0 Å². The van der Waals surface area contributed by atoms with E-state index in [4.69, 9.17) is 14.5 Å². The zero-order valence-electron chi connectivity index (χ0n) is 18.5. The molecular formula is C23H34N4O3. The van der Waals surface area contributed by atoms with Crippen molar-refractivity contribution < 1.29 is 14.3 Å². The van der Waals surface area contributed by atoms with Crippen LogP contribution in [-0.4, -0.2) is 57.8 Å². The first-order valence-electron chi connectivity index (χ1n) is 11.3. The van der Waals surface area contributed by atoms with Gasteiger partial charge in [0.1, 0.15) is 17.6 Å². The molecule has 1 aliphatic heterocycles. The standard InChI is InChI=1S/C23H34N4O3/c1-16(27(18-9-10-18)23(28)21-8-4-6-13-30-21)20-15-26(11-5-7-12-29-3)22-19(20)14-24-17(2)25-22/h14-16,18,21H,4-13H2,1-3H3/t16-,21-/m1/s1. The van der Waals surface area contributed by atoms with Gasteiger partial charge in [-0.1, -0.05) is 0 Å². The summed E-state index contributed by atoms with van der Waals surface area (Å²) < 4.78 is 13.2. The molecule has 0 spiro atoms. The van der Waals surface area contributed by atoms with E-state index in [-0.39, 0.29) is 18.1 Å². The van der Waals surface area contributed by atoms with E-state index in [1.807, 2.05) is 13.1 Å². The number of carbonyl (C=O) groups excluding carboxylic acids is 1. The molecule has 0 radical (unpaired) electrons. The van der Waals surface area contributed by atoms with E-state index < -0.39 is 0 Å². The van der Waals surface area contributed by atoms with Crippen LogP contribution in [0.15, 0.2) is 12.4 Å². The highest BCUT2D eigenvalue weighted by Crippen LogP contribution is 2.38. The summed E-state index contributed by atoms with van der Waals surface area (Å²) in [4.78, 5) is 24.6. The number of nitrogens with zero attached hydrogens (tertiary/aromatic N) is 4. The van der Waals surface area contributed by atoms with Gasteiger partial charge in [-0.3, -0.25) is 4.79 Å². The number of hydrogen-bond donors (Lipinski definition) is 0. The summed E-state index contributed by atoms with van der Waals surface area (Å²) in [5.74, 6) is 0.919. The van der Waals surface area contributed by atoms with Gasteiger partial charge in [-0.2, -0.15) is 0 Å². The number of amides is 1. The molecule has 0 N–H and O–H groups in total. The highest BCUT2D eigenvalue weighted by atomic mass is 16.5. The minimum absolute atomic E-state index is 0.0236. The number of rotatable bonds is 9. The van der Waals surface area contributed by atoms with E-state index in [0.29, 0.717) is 12.6 Å². The smallest absolute Gasteiger partial charge is 0.252 e. The number of ether oxygens (including phenoxy) is 2. The maximum absolute atomic E-state index is 13.4. The number of unbranched alkanes of at least 4 members (excludes halogenated alkanes) is 1. The molecule has 0 unspecified atom stereocenters. The van der Waals surface area contributed by atoms with Crippen molar-refractivity contribution >= 4 is 16.9 Å². The van der Waals surface area contributed by atoms with E-state index in [2.05, 4.69) is 27.6 Å². The molecule has 1 aliphatic carbocycles. The summed E-state index contributed by atoms with van der Waals surface area (Å²) in [6.45, 7) is 6.40. The van der Waals surface area contributed by atoms with Crippen molar-refractivity contribution in [3.8, 4) is 0 Å². The van der Waals surface area contributed by atoms with Crippen LogP contribution in [0.5, 0.6) is 0 Å². The van der Waals surface area contributed by atoms with Crippen molar-refractivity contribution in [2.24, 2.45) is 0 Å². The Hall–Kier alpha value is -1.99.